The zero-order chi connectivity index (χ0) is 13.8. The zero-order valence-corrected chi connectivity index (χ0v) is 11.9. The Balaban J connectivity index is 2.20. The molecule has 0 saturated carbocycles. The van der Waals surface area contributed by atoms with Crippen LogP contribution in [-0.4, -0.2) is 21.1 Å². The molecule has 0 fully saturated rings. The highest BCUT2D eigenvalue weighted by molar-refractivity contribution is 7.99. The van der Waals surface area contributed by atoms with Gasteiger partial charge in [0, 0.05) is 5.75 Å². The minimum Gasteiger partial charge on any atom is -0.369 e. The molecule has 1 aromatic carbocycles. The molecule has 1 unspecified atom stereocenters. The van der Waals surface area contributed by atoms with Gasteiger partial charge in [-0.05, 0) is 25.5 Å². The molecule has 0 aliphatic carbocycles. The Labute approximate surface area is 116 Å². The summed E-state index contributed by atoms with van der Waals surface area (Å²) >= 11 is 1.53. The molecule has 0 bridgehead atoms. The number of nitrogens with zero attached hydrogens (tertiary/aromatic N) is 2. The van der Waals surface area contributed by atoms with Gasteiger partial charge in [0.05, 0.1) is 27.7 Å². The van der Waals surface area contributed by atoms with E-state index in [9.17, 15) is 4.79 Å². The van der Waals surface area contributed by atoms with Crippen LogP contribution in [0.15, 0.2) is 24.3 Å². The maximum Gasteiger partial charge on any atom is 0.230 e. The number of aryl methyl sites for hydroxylation is 1. The SMILES string of the molecule is CCC(SCc1nc2ccccc2nc1C)C(N)=O. The molecule has 1 aromatic heterocycles. The molecule has 1 amide bonds. The maximum absolute atomic E-state index is 11.2. The largest absolute Gasteiger partial charge is 0.369 e. The Morgan fingerprint density at radius 1 is 1.32 bits per heavy atom. The number of fused-ring (bicyclic) bond motifs is 1. The fourth-order valence-electron chi connectivity index (χ4n) is 1.84. The first kappa shape index (κ1) is 13.8. The van der Waals surface area contributed by atoms with Crippen molar-refractivity contribution in [2.24, 2.45) is 5.73 Å². The molecule has 19 heavy (non-hydrogen) atoms. The van der Waals surface area contributed by atoms with Crippen molar-refractivity contribution in [3.05, 3.63) is 35.7 Å². The zero-order valence-electron chi connectivity index (χ0n) is 11.1. The second-order valence-corrected chi connectivity index (χ2v) is 5.55. The maximum atomic E-state index is 11.2. The lowest BCUT2D eigenvalue weighted by atomic mass is 10.2. The van der Waals surface area contributed by atoms with E-state index < -0.39 is 0 Å². The van der Waals surface area contributed by atoms with Crippen LogP contribution in [0.1, 0.15) is 24.7 Å². The predicted octanol–water partition coefficient (Wildman–Crippen LogP) is 2.44. The summed E-state index contributed by atoms with van der Waals surface area (Å²) in [6.07, 6.45) is 0.736. The van der Waals surface area contributed by atoms with E-state index in [2.05, 4.69) is 9.97 Å². The molecular formula is C14H17N3OS. The van der Waals surface area contributed by atoms with Gasteiger partial charge in [0.25, 0.3) is 0 Å². The number of amides is 1. The first-order chi connectivity index (χ1) is 9.11. The standard InChI is InChI=1S/C14H17N3OS/c1-3-13(14(15)18)19-8-12-9(2)16-10-6-4-5-7-11(10)17-12/h4-7,13H,3,8H2,1-2H3,(H2,15,18). The van der Waals surface area contributed by atoms with E-state index in [0.29, 0.717) is 5.75 Å². The first-order valence-electron chi connectivity index (χ1n) is 6.25. The molecule has 0 radical (unpaired) electrons. The van der Waals surface area contributed by atoms with Gasteiger partial charge in [0.1, 0.15) is 0 Å². The van der Waals surface area contributed by atoms with Crippen molar-refractivity contribution in [3.63, 3.8) is 0 Å². The lowest BCUT2D eigenvalue weighted by Gasteiger charge is -2.11. The van der Waals surface area contributed by atoms with Gasteiger partial charge in [-0.1, -0.05) is 19.1 Å². The van der Waals surface area contributed by atoms with Gasteiger partial charge in [-0.3, -0.25) is 4.79 Å². The number of benzene rings is 1. The van der Waals surface area contributed by atoms with Gasteiger partial charge in [-0.25, -0.2) is 9.97 Å². The normalized spacial score (nSPS) is 12.5. The van der Waals surface area contributed by atoms with Crippen LogP contribution in [0.2, 0.25) is 0 Å². The van der Waals surface area contributed by atoms with E-state index in [4.69, 9.17) is 5.73 Å². The van der Waals surface area contributed by atoms with Crippen molar-refractivity contribution in [2.45, 2.75) is 31.3 Å². The third kappa shape index (κ3) is 3.23. The number of nitrogens with two attached hydrogens (primary N) is 1. The highest BCUT2D eigenvalue weighted by Gasteiger charge is 2.15. The number of carbonyl (C=O) groups excluding carboxylic acids is 1. The number of aromatic nitrogens is 2. The molecule has 2 rings (SSSR count). The number of para-hydroxylation sites is 2. The summed E-state index contributed by atoms with van der Waals surface area (Å²) in [6, 6.07) is 7.79. The van der Waals surface area contributed by atoms with E-state index in [0.717, 1.165) is 28.8 Å². The molecule has 2 N–H and O–H groups in total. The monoisotopic (exact) mass is 275 g/mol. The highest BCUT2D eigenvalue weighted by Crippen LogP contribution is 2.22. The lowest BCUT2D eigenvalue weighted by Crippen LogP contribution is -2.25. The topological polar surface area (TPSA) is 68.9 Å². The Bertz CT molecular complexity index is 600. The van der Waals surface area contributed by atoms with Crippen LogP contribution < -0.4 is 5.73 Å². The van der Waals surface area contributed by atoms with Crippen LogP contribution in [-0.2, 0) is 10.5 Å². The molecule has 4 nitrogen and oxygen atoms in total. The van der Waals surface area contributed by atoms with E-state index >= 15 is 0 Å². The molecule has 0 aliphatic rings. The summed E-state index contributed by atoms with van der Waals surface area (Å²) in [4.78, 5) is 20.4. The van der Waals surface area contributed by atoms with Gasteiger partial charge in [-0.15, -0.1) is 11.8 Å². The third-order valence-electron chi connectivity index (χ3n) is 2.95. The third-order valence-corrected chi connectivity index (χ3v) is 4.36. The van der Waals surface area contributed by atoms with Crippen molar-refractivity contribution in [1.82, 2.24) is 9.97 Å². The minimum absolute atomic E-state index is 0.160. The van der Waals surface area contributed by atoms with Crippen LogP contribution in [0.25, 0.3) is 11.0 Å². The van der Waals surface area contributed by atoms with Crippen LogP contribution in [0.4, 0.5) is 0 Å². The van der Waals surface area contributed by atoms with Crippen molar-refractivity contribution in [2.75, 3.05) is 0 Å². The summed E-state index contributed by atoms with van der Waals surface area (Å²) in [5, 5.41) is -0.160. The van der Waals surface area contributed by atoms with E-state index in [1.165, 1.54) is 11.8 Å². The fourth-order valence-corrected chi connectivity index (χ4v) is 2.87. The first-order valence-corrected chi connectivity index (χ1v) is 7.30. The second kappa shape index (κ2) is 6.02. The molecule has 5 heteroatoms. The number of rotatable bonds is 5. The summed E-state index contributed by atoms with van der Waals surface area (Å²) in [7, 11) is 0. The second-order valence-electron chi connectivity index (χ2n) is 4.35. The Kier molecular flexibility index (Phi) is 4.37. The van der Waals surface area contributed by atoms with Gasteiger partial charge in [0.15, 0.2) is 0 Å². The summed E-state index contributed by atoms with van der Waals surface area (Å²) in [6.45, 7) is 3.90. The average molecular weight is 275 g/mol. The van der Waals surface area contributed by atoms with E-state index in [1.54, 1.807) is 0 Å². The van der Waals surface area contributed by atoms with Crippen molar-refractivity contribution >= 4 is 28.7 Å². The molecule has 2 aromatic rings. The van der Waals surface area contributed by atoms with Gasteiger partial charge in [-0.2, -0.15) is 0 Å². The lowest BCUT2D eigenvalue weighted by molar-refractivity contribution is -0.117. The number of hydrogen-bond acceptors (Lipinski definition) is 4. The molecular weight excluding hydrogens is 258 g/mol. The molecule has 100 valence electrons. The fraction of sp³-hybridized carbons (Fsp3) is 0.357. The van der Waals surface area contributed by atoms with Crippen LogP contribution in [0.3, 0.4) is 0 Å². The highest BCUT2D eigenvalue weighted by atomic mass is 32.2. The van der Waals surface area contributed by atoms with Crippen molar-refractivity contribution in [1.29, 1.82) is 0 Å². The number of hydrogen-bond donors (Lipinski definition) is 1. The molecule has 0 spiro atoms. The quantitative estimate of drug-likeness (QED) is 0.910. The Morgan fingerprint density at radius 3 is 2.53 bits per heavy atom. The smallest absolute Gasteiger partial charge is 0.230 e. The Morgan fingerprint density at radius 2 is 1.95 bits per heavy atom. The van der Waals surface area contributed by atoms with Crippen LogP contribution in [0, 0.1) is 6.92 Å². The minimum atomic E-state index is -0.265. The van der Waals surface area contributed by atoms with Crippen molar-refractivity contribution in [3.8, 4) is 0 Å². The van der Waals surface area contributed by atoms with Gasteiger partial charge in [0.2, 0.25) is 5.91 Å². The van der Waals surface area contributed by atoms with Crippen LogP contribution >= 0.6 is 11.8 Å². The number of carbonyl (C=O) groups is 1. The van der Waals surface area contributed by atoms with E-state index in [1.807, 2.05) is 38.1 Å². The number of thioether (sulfide) groups is 1. The predicted molar refractivity (Wildman–Crippen MR) is 78.8 cm³/mol. The van der Waals surface area contributed by atoms with Crippen LogP contribution in [0.5, 0.6) is 0 Å². The van der Waals surface area contributed by atoms with Gasteiger partial charge >= 0.3 is 0 Å². The summed E-state index contributed by atoms with van der Waals surface area (Å²) in [5.74, 6) is 0.393. The molecule has 1 heterocycles. The molecule has 1 atom stereocenters. The number of primary amides is 1. The van der Waals surface area contributed by atoms with Crippen molar-refractivity contribution < 1.29 is 4.79 Å². The molecule has 0 aliphatic heterocycles. The average Bonchev–Trinajstić information content (AvgIpc) is 2.39. The Hall–Kier alpha value is -1.62. The van der Waals surface area contributed by atoms with E-state index in [-0.39, 0.29) is 11.2 Å². The molecule has 0 saturated heterocycles. The summed E-state index contributed by atoms with van der Waals surface area (Å²) < 4.78 is 0. The van der Waals surface area contributed by atoms with Gasteiger partial charge < -0.3 is 5.73 Å². The summed E-state index contributed by atoms with van der Waals surface area (Å²) in [5.41, 5.74) is 8.96.